The van der Waals surface area contributed by atoms with Crippen LogP contribution in [0.4, 0.5) is 0 Å². The lowest BCUT2D eigenvalue weighted by atomic mass is 9.46. The van der Waals surface area contributed by atoms with Crippen molar-refractivity contribution in [2.45, 2.75) is 59.0 Å². The molecule has 122 valence electrons. The van der Waals surface area contributed by atoms with Gasteiger partial charge in [-0.05, 0) is 48.0 Å². The Bertz CT molecular complexity index is 514. The molecule has 1 N–H and O–H groups in total. The first-order chi connectivity index (χ1) is 10.1. The molecule has 0 amide bonds. The number of rotatable bonds is 4. The number of hydrogen-bond acceptors (Lipinski definition) is 2. The Morgan fingerprint density at radius 1 is 1.36 bits per heavy atom. The minimum atomic E-state index is -0.282. The molecule has 2 aliphatic carbocycles. The molecule has 0 heterocycles. The zero-order valence-corrected chi connectivity index (χ0v) is 14.3. The summed E-state index contributed by atoms with van der Waals surface area (Å²) in [7, 11) is 0. The van der Waals surface area contributed by atoms with E-state index in [0.29, 0.717) is 12.3 Å². The van der Waals surface area contributed by atoms with Crippen LogP contribution in [0, 0.1) is 22.7 Å². The van der Waals surface area contributed by atoms with Crippen molar-refractivity contribution in [3.05, 3.63) is 37.0 Å². The van der Waals surface area contributed by atoms with E-state index >= 15 is 0 Å². The molecule has 2 fully saturated rings. The zero-order valence-electron chi connectivity index (χ0n) is 14.3. The summed E-state index contributed by atoms with van der Waals surface area (Å²) in [6, 6.07) is 0. The molecule has 0 bridgehead atoms. The number of carbonyl (C=O) groups is 1. The minimum absolute atomic E-state index is 0.101. The van der Waals surface area contributed by atoms with E-state index in [1.807, 2.05) is 0 Å². The molecule has 2 rings (SSSR count). The van der Waals surface area contributed by atoms with Gasteiger partial charge < -0.3 is 5.11 Å². The van der Waals surface area contributed by atoms with Crippen molar-refractivity contribution < 1.29 is 9.90 Å². The number of aliphatic hydroxyl groups excluding tert-OH is 1. The predicted molar refractivity (Wildman–Crippen MR) is 91.4 cm³/mol. The van der Waals surface area contributed by atoms with Gasteiger partial charge in [0, 0.05) is 12.3 Å². The second-order valence-electron chi connectivity index (χ2n) is 8.07. The standard InChI is InChI=1S/C20H30O2/c1-7-13(2)12-15(21)18-14(3)8-9-16-19(4,5)17(22)10-11-20(16,18)6/h7,16-18,22H,1-3,8-12H2,4-6H3/t16-,17+,18+,20-/m0/s1. The second kappa shape index (κ2) is 5.81. The Hall–Kier alpha value is -1.15. The number of ketones is 1. The highest BCUT2D eigenvalue weighted by molar-refractivity contribution is 5.87. The van der Waals surface area contributed by atoms with Gasteiger partial charge in [0.05, 0.1) is 6.10 Å². The lowest BCUT2D eigenvalue weighted by Crippen LogP contribution is -2.56. The van der Waals surface area contributed by atoms with Crippen molar-refractivity contribution in [1.82, 2.24) is 0 Å². The van der Waals surface area contributed by atoms with Crippen molar-refractivity contribution in [2.24, 2.45) is 22.7 Å². The van der Waals surface area contributed by atoms with Crippen molar-refractivity contribution in [1.29, 1.82) is 0 Å². The summed E-state index contributed by atoms with van der Waals surface area (Å²) >= 11 is 0. The average Bonchev–Trinajstić information content (AvgIpc) is 2.42. The average molecular weight is 302 g/mol. The topological polar surface area (TPSA) is 37.3 Å². The van der Waals surface area contributed by atoms with Crippen molar-refractivity contribution >= 4 is 5.78 Å². The summed E-state index contributed by atoms with van der Waals surface area (Å²) in [4.78, 5) is 12.9. The van der Waals surface area contributed by atoms with Gasteiger partial charge in [-0.1, -0.05) is 52.2 Å². The molecule has 2 saturated carbocycles. The van der Waals surface area contributed by atoms with Crippen LogP contribution in [0.15, 0.2) is 37.0 Å². The van der Waals surface area contributed by atoms with Crippen molar-refractivity contribution in [3.8, 4) is 0 Å². The molecular formula is C20H30O2. The van der Waals surface area contributed by atoms with Gasteiger partial charge in [0.25, 0.3) is 0 Å². The molecule has 0 aliphatic heterocycles. The Morgan fingerprint density at radius 2 is 2.00 bits per heavy atom. The Kier molecular flexibility index (Phi) is 4.54. The Morgan fingerprint density at radius 3 is 2.59 bits per heavy atom. The lowest BCUT2D eigenvalue weighted by Gasteiger charge is -2.58. The van der Waals surface area contributed by atoms with Crippen LogP contribution in [0.5, 0.6) is 0 Å². The molecule has 0 unspecified atom stereocenters. The fourth-order valence-electron chi connectivity index (χ4n) is 5.06. The van der Waals surface area contributed by atoms with Gasteiger partial charge >= 0.3 is 0 Å². The third kappa shape index (κ3) is 2.62. The lowest BCUT2D eigenvalue weighted by molar-refractivity contribution is -0.146. The minimum Gasteiger partial charge on any atom is -0.393 e. The number of Topliss-reactive ketones (excluding diaryl/α,β-unsaturated/α-hetero) is 1. The molecule has 22 heavy (non-hydrogen) atoms. The highest BCUT2D eigenvalue weighted by atomic mass is 16.3. The summed E-state index contributed by atoms with van der Waals surface area (Å²) in [5, 5.41) is 10.4. The van der Waals surface area contributed by atoms with Crippen LogP contribution < -0.4 is 0 Å². The summed E-state index contributed by atoms with van der Waals surface area (Å²) in [6.45, 7) is 18.3. The van der Waals surface area contributed by atoms with Crippen LogP contribution in [-0.2, 0) is 4.79 Å². The van der Waals surface area contributed by atoms with Crippen LogP contribution >= 0.6 is 0 Å². The van der Waals surface area contributed by atoms with Crippen molar-refractivity contribution in [3.63, 3.8) is 0 Å². The maximum absolute atomic E-state index is 12.9. The van der Waals surface area contributed by atoms with Crippen LogP contribution in [-0.4, -0.2) is 17.0 Å². The van der Waals surface area contributed by atoms with Gasteiger partial charge in [-0.15, -0.1) is 0 Å². The maximum Gasteiger partial charge on any atom is 0.144 e. The quantitative estimate of drug-likeness (QED) is 0.615. The third-order valence-corrected chi connectivity index (χ3v) is 6.34. The first-order valence-corrected chi connectivity index (χ1v) is 8.33. The third-order valence-electron chi connectivity index (χ3n) is 6.34. The summed E-state index contributed by atoms with van der Waals surface area (Å²) in [5.41, 5.74) is 1.59. The molecule has 4 atom stereocenters. The summed E-state index contributed by atoms with van der Waals surface area (Å²) < 4.78 is 0. The van der Waals surface area contributed by atoms with Gasteiger partial charge in [0.1, 0.15) is 5.78 Å². The fraction of sp³-hybridized carbons (Fsp3) is 0.650. The Balaban J connectivity index is 2.36. The second-order valence-corrected chi connectivity index (χ2v) is 8.07. The largest absolute Gasteiger partial charge is 0.393 e. The van der Waals surface area contributed by atoms with Crippen LogP contribution in [0.2, 0.25) is 0 Å². The molecule has 0 spiro atoms. The normalized spacial score (nSPS) is 37.3. The molecule has 0 aromatic carbocycles. The monoisotopic (exact) mass is 302 g/mol. The number of aliphatic hydroxyl groups is 1. The van der Waals surface area contributed by atoms with E-state index in [4.69, 9.17) is 0 Å². The first-order valence-electron chi connectivity index (χ1n) is 8.33. The van der Waals surface area contributed by atoms with Gasteiger partial charge in [0.15, 0.2) is 0 Å². The number of hydrogen-bond donors (Lipinski definition) is 1. The number of allylic oxidation sites excluding steroid dienone is 3. The first kappa shape index (κ1) is 17.2. The molecule has 2 heteroatoms. The van der Waals surface area contributed by atoms with Crippen LogP contribution in [0.1, 0.15) is 52.9 Å². The van der Waals surface area contributed by atoms with E-state index in [1.54, 1.807) is 6.08 Å². The van der Waals surface area contributed by atoms with E-state index in [1.165, 1.54) is 0 Å². The van der Waals surface area contributed by atoms with E-state index in [0.717, 1.165) is 36.8 Å². The van der Waals surface area contributed by atoms with E-state index in [9.17, 15) is 9.90 Å². The smallest absolute Gasteiger partial charge is 0.144 e. The molecular weight excluding hydrogens is 272 g/mol. The van der Waals surface area contributed by atoms with Crippen molar-refractivity contribution in [2.75, 3.05) is 0 Å². The van der Waals surface area contributed by atoms with Gasteiger partial charge in [-0.2, -0.15) is 0 Å². The summed E-state index contributed by atoms with van der Waals surface area (Å²) in [6.07, 6.45) is 5.29. The summed E-state index contributed by atoms with van der Waals surface area (Å²) in [5.74, 6) is 0.448. The molecule has 0 aromatic rings. The number of carbonyl (C=O) groups excluding carboxylic acids is 1. The van der Waals surface area contributed by atoms with Crippen LogP contribution in [0.3, 0.4) is 0 Å². The van der Waals surface area contributed by atoms with E-state index in [-0.39, 0.29) is 28.6 Å². The van der Waals surface area contributed by atoms with Gasteiger partial charge in [-0.3, -0.25) is 4.79 Å². The van der Waals surface area contributed by atoms with Crippen LogP contribution in [0.25, 0.3) is 0 Å². The van der Waals surface area contributed by atoms with Gasteiger partial charge in [-0.25, -0.2) is 0 Å². The molecule has 2 aliphatic rings. The fourth-order valence-corrected chi connectivity index (χ4v) is 5.06. The highest BCUT2D eigenvalue weighted by Crippen LogP contribution is 2.61. The number of fused-ring (bicyclic) bond motifs is 1. The molecule has 0 saturated heterocycles. The SMILES string of the molecule is C=CC(=C)CC(=O)[C@H]1C(=C)CC[C@H]2C(C)(C)[C@H](O)CC[C@]12C. The van der Waals surface area contributed by atoms with Gasteiger partial charge in [0.2, 0.25) is 0 Å². The molecule has 0 radical (unpaired) electrons. The van der Waals surface area contributed by atoms with E-state index < -0.39 is 0 Å². The van der Waals surface area contributed by atoms with E-state index in [2.05, 4.69) is 40.5 Å². The molecule has 2 nitrogen and oxygen atoms in total. The molecule has 0 aromatic heterocycles. The zero-order chi connectivity index (χ0) is 16.7. The predicted octanol–water partition coefficient (Wildman–Crippen LogP) is 4.46. The Labute approximate surface area is 135 Å². The maximum atomic E-state index is 12.9. The highest BCUT2D eigenvalue weighted by Gasteiger charge is 2.57.